The quantitative estimate of drug-likeness (QED) is 0.545. The van der Waals surface area contributed by atoms with Crippen LogP contribution in [-0.2, 0) is 0 Å². The molecule has 0 radical (unpaired) electrons. The van der Waals surface area contributed by atoms with Crippen molar-refractivity contribution in [2.45, 2.75) is 60.0 Å². The lowest BCUT2D eigenvalue weighted by Crippen LogP contribution is -2.43. The minimum atomic E-state index is 0.628. The van der Waals surface area contributed by atoms with Crippen molar-refractivity contribution in [1.29, 1.82) is 0 Å². The van der Waals surface area contributed by atoms with Gasteiger partial charge in [0.05, 0.1) is 0 Å². The van der Waals surface area contributed by atoms with Crippen LogP contribution in [0.3, 0.4) is 0 Å². The molecule has 0 saturated heterocycles. The van der Waals surface area contributed by atoms with Crippen LogP contribution >= 0.6 is 0 Å². The molecule has 0 aliphatic heterocycles. The van der Waals surface area contributed by atoms with Crippen LogP contribution in [0, 0.1) is 0 Å². The normalized spacial score (nSPS) is 13.2. The van der Waals surface area contributed by atoms with Crippen LogP contribution in [0.5, 0.6) is 0 Å². The molecule has 0 N–H and O–H groups in total. The lowest BCUT2D eigenvalue weighted by atomic mass is 10.2. The average molecular weight is 331 g/mol. The van der Waals surface area contributed by atoms with Crippen molar-refractivity contribution in [2.24, 2.45) is 0 Å². The predicted molar refractivity (Wildman–Crippen MR) is 106 cm³/mol. The minimum Gasteiger partial charge on any atom is -0.308 e. The number of hydrogen-bond donors (Lipinski definition) is 0. The summed E-state index contributed by atoms with van der Waals surface area (Å²) in [6.45, 7) is 20.1. The largest absolute Gasteiger partial charge is 0.308 e. The first-order chi connectivity index (χ1) is 10.8. The Balaban J connectivity index is 0. The Morgan fingerprint density at radius 2 is 1.09 bits per heavy atom. The van der Waals surface area contributed by atoms with E-state index in [1.165, 1.54) is 13.0 Å². The Hall–Kier alpha value is -0.160. The van der Waals surface area contributed by atoms with Crippen LogP contribution in [0.15, 0.2) is 0 Å². The van der Waals surface area contributed by atoms with Crippen molar-refractivity contribution < 1.29 is 0 Å². The highest BCUT2D eigenvalue weighted by molar-refractivity contribution is 4.68. The summed E-state index contributed by atoms with van der Waals surface area (Å²) in [6, 6.07) is 1.31. The zero-order valence-electron chi connectivity index (χ0n) is 17.9. The fraction of sp³-hybridized carbons (Fsp3) is 1.00. The molecule has 142 valence electrons. The molecule has 23 heavy (non-hydrogen) atoms. The van der Waals surface area contributed by atoms with Gasteiger partial charge in [0.15, 0.2) is 0 Å². The second kappa shape index (κ2) is 15.4. The van der Waals surface area contributed by atoms with Crippen molar-refractivity contribution in [2.75, 3.05) is 67.5 Å². The fourth-order valence-corrected chi connectivity index (χ4v) is 2.07. The molecule has 0 aromatic carbocycles. The van der Waals surface area contributed by atoms with Gasteiger partial charge >= 0.3 is 0 Å². The molecule has 0 aliphatic rings. The van der Waals surface area contributed by atoms with Gasteiger partial charge in [-0.3, -0.25) is 4.90 Å². The number of likely N-dealkylation sites (N-methyl/N-ethyl adjacent to an activating group) is 3. The maximum absolute atomic E-state index is 2.61. The molecule has 0 amide bonds. The lowest BCUT2D eigenvalue weighted by molar-refractivity contribution is 0.161. The van der Waals surface area contributed by atoms with Gasteiger partial charge in [-0.25, -0.2) is 0 Å². The van der Waals surface area contributed by atoms with Gasteiger partial charge in [0.25, 0.3) is 0 Å². The summed E-state index contributed by atoms with van der Waals surface area (Å²) in [7, 11) is 8.78. The van der Waals surface area contributed by atoms with Crippen LogP contribution in [0.2, 0.25) is 0 Å². The lowest BCUT2D eigenvalue weighted by Gasteiger charge is -2.31. The van der Waals surface area contributed by atoms with Gasteiger partial charge in [-0.1, -0.05) is 20.8 Å². The molecule has 4 heteroatoms. The van der Waals surface area contributed by atoms with E-state index in [2.05, 4.69) is 75.5 Å². The van der Waals surface area contributed by atoms with Crippen LogP contribution in [0.25, 0.3) is 0 Å². The molecule has 4 nitrogen and oxygen atoms in total. The van der Waals surface area contributed by atoms with Gasteiger partial charge in [0, 0.05) is 51.4 Å². The van der Waals surface area contributed by atoms with E-state index in [-0.39, 0.29) is 0 Å². The Bertz CT molecular complexity index is 244. The molecule has 0 aliphatic carbocycles. The molecule has 0 fully saturated rings. The van der Waals surface area contributed by atoms with Gasteiger partial charge in [0.1, 0.15) is 0 Å². The third-order valence-electron chi connectivity index (χ3n) is 4.63. The van der Waals surface area contributed by atoms with Crippen molar-refractivity contribution in [1.82, 2.24) is 19.6 Å². The van der Waals surface area contributed by atoms with Gasteiger partial charge in [-0.2, -0.15) is 0 Å². The molecule has 1 atom stereocenters. The molecule has 0 spiro atoms. The van der Waals surface area contributed by atoms with Gasteiger partial charge in [-0.05, 0) is 55.4 Å². The summed E-state index contributed by atoms with van der Waals surface area (Å²) in [5.41, 5.74) is 0. The SMILES string of the molecule is CC.CCC(C)N(C)CCN(CCN(C)C)CCN(C)C(C)C. The standard InChI is InChI=1S/C17H40N4.C2H6/c1-9-17(4)20(8)12-15-21(13-10-18(5)6)14-11-19(7)16(2)3;1-2/h16-17H,9-15H2,1-8H3;1-2H3. The van der Waals surface area contributed by atoms with E-state index in [4.69, 9.17) is 0 Å². The molecule has 1 unspecified atom stereocenters. The van der Waals surface area contributed by atoms with Gasteiger partial charge < -0.3 is 14.7 Å². The van der Waals surface area contributed by atoms with Crippen LogP contribution in [0.1, 0.15) is 48.0 Å². The van der Waals surface area contributed by atoms with Crippen LogP contribution in [-0.4, -0.2) is 99.1 Å². The summed E-state index contributed by atoms with van der Waals surface area (Å²) < 4.78 is 0. The Labute approximate surface area is 147 Å². The van der Waals surface area contributed by atoms with Crippen molar-refractivity contribution in [3.8, 4) is 0 Å². The van der Waals surface area contributed by atoms with E-state index < -0.39 is 0 Å². The number of hydrogen-bond acceptors (Lipinski definition) is 4. The zero-order chi connectivity index (χ0) is 18.4. The third kappa shape index (κ3) is 13.9. The molecule has 0 heterocycles. The molecular weight excluding hydrogens is 284 g/mol. The molecule has 0 aromatic heterocycles. The zero-order valence-corrected chi connectivity index (χ0v) is 17.9. The fourth-order valence-electron chi connectivity index (χ4n) is 2.07. The van der Waals surface area contributed by atoms with E-state index in [1.54, 1.807) is 0 Å². The topological polar surface area (TPSA) is 13.0 Å². The average Bonchev–Trinajstić information content (AvgIpc) is 2.54. The number of rotatable bonds is 12. The van der Waals surface area contributed by atoms with E-state index in [0.29, 0.717) is 12.1 Å². The molecule has 0 saturated carbocycles. The predicted octanol–water partition coefficient (Wildman–Crippen LogP) is 2.95. The van der Waals surface area contributed by atoms with Gasteiger partial charge in [-0.15, -0.1) is 0 Å². The summed E-state index contributed by atoms with van der Waals surface area (Å²) in [5.74, 6) is 0. The molecule has 0 bridgehead atoms. The summed E-state index contributed by atoms with van der Waals surface area (Å²) in [5, 5.41) is 0. The molecule has 0 aromatic rings. The summed E-state index contributed by atoms with van der Waals surface area (Å²) >= 11 is 0. The van der Waals surface area contributed by atoms with Crippen molar-refractivity contribution in [3.05, 3.63) is 0 Å². The van der Waals surface area contributed by atoms with E-state index >= 15 is 0 Å². The highest BCUT2D eigenvalue weighted by Crippen LogP contribution is 2.01. The Kier molecular flexibility index (Phi) is 16.8. The third-order valence-corrected chi connectivity index (χ3v) is 4.63. The minimum absolute atomic E-state index is 0.628. The summed E-state index contributed by atoms with van der Waals surface area (Å²) in [4.78, 5) is 9.80. The smallest absolute Gasteiger partial charge is 0.0110 e. The summed E-state index contributed by atoms with van der Waals surface area (Å²) in [6.07, 6.45) is 1.23. The van der Waals surface area contributed by atoms with Crippen LogP contribution < -0.4 is 0 Å². The van der Waals surface area contributed by atoms with Gasteiger partial charge in [0.2, 0.25) is 0 Å². The maximum Gasteiger partial charge on any atom is 0.0110 e. The second-order valence-corrected chi connectivity index (χ2v) is 6.96. The number of nitrogens with zero attached hydrogens (tertiary/aromatic N) is 4. The first kappa shape index (κ1) is 25.1. The highest BCUT2D eigenvalue weighted by atomic mass is 15.2. The highest BCUT2D eigenvalue weighted by Gasteiger charge is 2.12. The first-order valence-corrected chi connectivity index (χ1v) is 9.55. The monoisotopic (exact) mass is 330 g/mol. The van der Waals surface area contributed by atoms with E-state index in [9.17, 15) is 0 Å². The molecular formula is C19H46N4. The maximum atomic E-state index is 2.61. The second-order valence-electron chi connectivity index (χ2n) is 6.96. The van der Waals surface area contributed by atoms with Crippen molar-refractivity contribution in [3.63, 3.8) is 0 Å². The van der Waals surface area contributed by atoms with Crippen LogP contribution in [0.4, 0.5) is 0 Å². The van der Waals surface area contributed by atoms with E-state index in [1.807, 2.05) is 13.8 Å². The Morgan fingerprint density at radius 3 is 1.48 bits per heavy atom. The van der Waals surface area contributed by atoms with Crippen molar-refractivity contribution >= 4 is 0 Å². The first-order valence-electron chi connectivity index (χ1n) is 9.55. The Morgan fingerprint density at radius 1 is 0.652 bits per heavy atom. The molecule has 0 rings (SSSR count). The van der Waals surface area contributed by atoms with E-state index in [0.717, 1.165) is 32.7 Å².